The molecule has 7 nitrogen and oxygen atoms in total. The van der Waals surface area contributed by atoms with Crippen LogP contribution in [0.1, 0.15) is 69.1 Å². The van der Waals surface area contributed by atoms with Gasteiger partial charge in [0.15, 0.2) is 0 Å². The Kier molecular flexibility index (Phi) is 8.55. The van der Waals surface area contributed by atoms with Crippen LogP contribution >= 0.6 is 0 Å². The van der Waals surface area contributed by atoms with Crippen molar-refractivity contribution in [1.29, 1.82) is 0 Å². The predicted molar refractivity (Wildman–Crippen MR) is 161 cm³/mol. The molecule has 2 heterocycles. The Labute approximate surface area is 242 Å². The Bertz CT molecular complexity index is 1390. The van der Waals surface area contributed by atoms with Gasteiger partial charge in [-0.15, -0.1) is 0 Å². The number of benzene rings is 2. The monoisotopic (exact) mass is 557 g/mol. The molecule has 216 valence electrons. The van der Waals surface area contributed by atoms with Gasteiger partial charge >= 0.3 is 7.12 Å². The Morgan fingerprint density at radius 2 is 1.80 bits per heavy atom. The third-order valence-corrected chi connectivity index (χ3v) is 9.05. The molecule has 0 saturated carbocycles. The van der Waals surface area contributed by atoms with Crippen molar-refractivity contribution in [2.75, 3.05) is 11.5 Å². The highest BCUT2D eigenvalue weighted by Crippen LogP contribution is 2.51. The number of fused-ring (bicyclic) bond motifs is 3. The first kappa shape index (κ1) is 29.3. The molecule has 0 unspecified atom stereocenters. The molecule has 3 aliphatic rings. The van der Waals surface area contributed by atoms with Crippen LogP contribution in [0.3, 0.4) is 0 Å². The van der Waals surface area contributed by atoms with E-state index < -0.39 is 19.0 Å². The predicted octanol–water partition coefficient (Wildman–Crippen LogP) is 4.58. The van der Waals surface area contributed by atoms with Gasteiger partial charge in [0, 0.05) is 5.92 Å². The molecule has 2 aliphatic heterocycles. The van der Waals surface area contributed by atoms with Gasteiger partial charge < -0.3 is 19.9 Å². The van der Waals surface area contributed by atoms with E-state index in [0.717, 1.165) is 48.8 Å². The first-order valence-electron chi connectivity index (χ1n) is 14.8. The summed E-state index contributed by atoms with van der Waals surface area (Å²) in [5.41, 5.74) is 7.22. The summed E-state index contributed by atoms with van der Waals surface area (Å²) in [5.74, 6) is -1.10. The molecule has 0 aromatic heterocycles. The van der Waals surface area contributed by atoms with Crippen molar-refractivity contribution >= 4 is 36.2 Å². The Morgan fingerprint density at radius 1 is 1.07 bits per heavy atom. The maximum absolute atomic E-state index is 13.8. The fourth-order valence-electron chi connectivity index (χ4n) is 7.07. The molecule has 0 bridgehead atoms. The van der Waals surface area contributed by atoms with Crippen LogP contribution in [0.5, 0.6) is 5.75 Å². The summed E-state index contributed by atoms with van der Waals surface area (Å²) in [4.78, 5) is 28.7. The lowest BCUT2D eigenvalue weighted by Gasteiger charge is -2.32. The largest absolute Gasteiger partial charge is 0.507 e. The second kappa shape index (κ2) is 12.0. The van der Waals surface area contributed by atoms with Crippen LogP contribution in [-0.4, -0.2) is 46.8 Å². The Balaban J connectivity index is 1.38. The molecule has 4 atom stereocenters. The van der Waals surface area contributed by atoms with Gasteiger partial charge in [0.1, 0.15) is 5.75 Å². The number of phenolic OH excluding ortho intramolecular Hbond substituents is 1. The second-order valence-corrected chi connectivity index (χ2v) is 11.8. The molecule has 41 heavy (non-hydrogen) atoms. The molecule has 2 fully saturated rings. The molecule has 1 aliphatic carbocycles. The van der Waals surface area contributed by atoms with E-state index >= 15 is 0 Å². The quantitative estimate of drug-likeness (QED) is 0.237. The van der Waals surface area contributed by atoms with Crippen molar-refractivity contribution in [3.8, 4) is 5.75 Å². The molecule has 8 heteroatoms. The maximum Gasteiger partial charge on any atom is 0.488 e. The third kappa shape index (κ3) is 5.53. The highest BCUT2D eigenvalue weighted by atomic mass is 16.5. The fraction of sp³-hybridized carbons (Fsp3) is 0.455. The van der Waals surface area contributed by atoms with Crippen molar-refractivity contribution in [1.82, 2.24) is 0 Å². The summed E-state index contributed by atoms with van der Waals surface area (Å²) in [7, 11) is -1.68. The van der Waals surface area contributed by atoms with Crippen LogP contribution in [0.2, 0.25) is 0 Å². The molecule has 0 radical (unpaired) electrons. The molecule has 2 amide bonds. The van der Waals surface area contributed by atoms with E-state index in [4.69, 9.17) is 4.74 Å². The van der Waals surface area contributed by atoms with Gasteiger partial charge in [-0.3, -0.25) is 14.5 Å². The van der Waals surface area contributed by atoms with E-state index in [1.165, 1.54) is 27.7 Å². The smallest absolute Gasteiger partial charge is 0.488 e. The zero-order valence-electron chi connectivity index (χ0n) is 24.4. The average Bonchev–Trinajstić information content (AvgIpc) is 3.48. The highest BCUT2D eigenvalue weighted by molar-refractivity contribution is 6.58. The molecular formula is C33H40BNO6. The topological polar surface area (TPSA) is 107 Å². The van der Waals surface area contributed by atoms with Crippen LogP contribution < -0.4 is 10.4 Å². The van der Waals surface area contributed by atoms with Crippen LogP contribution in [0, 0.1) is 31.6 Å². The number of nitrogens with zero attached hydrogens (tertiary/aromatic N) is 1. The molecule has 5 rings (SSSR count). The van der Waals surface area contributed by atoms with E-state index in [-0.39, 0.29) is 29.3 Å². The summed E-state index contributed by atoms with van der Waals surface area (Å²) in [6, 6.07) is 10.4. The van der Waals surface area contributed by atoms with Crippen LogP contribution in [0.15, 0.2) is 53.1 Å². The lowest BCUT2D eigenvalue weighted by molar-refractivity contribution is -0.122. The van der Waals surface area contributed by atoms with Crippen molar-refractivity contribution in [2.24, 2.45) is 17.8 Å². The number of anilines is 1. The SMILES string of the molecule is CCCC1=C2[C@@H](CC/C(=C/c3cc(C)c(O)c(C)c3)CC)OC[C@@H]2[C@@H]2C(=O)N(c3cccc(B(O)O)c3)C(=O)[C@@H]2C1. The molecular weight excluding hydrogens is 517 g/mol. The van der Waals surface area contributed by atoms with E-state index in [9.17, 15) is 24.7 Å². The van der Waals surface area contributed by atoms with Gasteiger partial charge in [-0.1, -0.05) is 49.6 Å². The van der Waals surface area contributed by atoms with E-state index in [2.05, 4.69) is 19.9 Å². The molecule has 2 saturated heterocycles. The third-order valence-electron chi connectivity index (χ3n) is 9.05. The number of phenols is 1. The first-order valence-corrected chi connectivity index (χ1v) is 14.8. The van der Waals surface area contributed by atoms with Crippen molar-refractivity contribution in [2.45, 2.75) is 72.3 Å². The van der Waals surface area contributed by atoms with E-state index in [1.54, 1.807) is 18.2 Å². The van der Waals surface area contributed by atoms with Crippen molar-refractivity contribution < 1.29 is 29.5 Å². The second-order valence-electron chi connectivity index (χ2n) is 11.8. The zero-order chi connectivity index (χ0) is 29.4. The zero-order valence-corrected chi connectivity index (χ0v) is 24.4. The summed E-state index contributed by atoms with van der Waals surface area (Å²) in [5, 5.41) is 29.4. The lowest BCUT2D eigenvalue weighted by Crippen LogP contribution is -2.35. The van der Waals surface area contributed by atoms with Gasteiger partial charge in [-0.2, -0.15) is 0 Å². The van der Waals surface area contributed by atoms with Gasteiger partial charge in [0.25, 0.3) is 0 Å². The molecule has 3 N–H and O–H groups in total. The molecule has 2 aromatic rings. The number of imide groups is 1. The van der Waals surface area contributed by atoms with Gasteiger partial charge in [0.2, 0.25) is 11.8 Å². The van der Waals surface area contributed by atoms with Gasteiger partial charge in [-0.25, -0.2) is 0 Å². The maximum atomic E-state index is 13.8. The summed E-state index contributed by atoms with van der Waals surface area (Å²) >= 11 is 0. The minimum atomic E-state index is -1.68. The summed E-state index contributed by atoms with van der Waals surface area (Å²) in [6.45, 7) is 8.55. The van der Waals surface area contributed by atoms with Crippen LogP contribution in [0.25, 0.3) is 6.08 Å². The number of aromatic hydroxyl groups is 1. The van der Waals surface area contributed by atoms with Crippen LogP contribution in [-0.2, 0) is 14.3 Å². The molecule has 0 spiro atoms. The number of aryl methyl sites for hydroxylation is 2. The number of carbonyl (C=O) groups is 2. The first-order chi connectivity index (χ1) is 19.6. The van der Waals surface area contributed by atoms with Crippen molar-refractivity contribution in [3.05, 3.63) is 69.8 Å². The van der Waals surface area contributed by atoms with E-state index in [1.807, 2.05) is 26.0 Å². The molecule has 2 aromatic carbocycles. The Hall–Kier alpha value is -3.20. The standard InChI is InChI=1S/C33H40BNO6/c1-5-8-23-16-26-30(33(38)35(32(26)37)25-10-7-9-24(17-25)34(39)40)27-18-41-28(29(23)27)12-11-21(6-2)15-22-13-19(3)31(36)20(4)14-22/h7,9-10,13-15,17,26-28,30,36,39-40H,5-6,8,11-12,16,18H2,1-4H3/b21-15+/t26-,27+,28-,30-/m1/s1. The number of hydrogen-bond acceptors (Lipinski definition) is 6. The minimum absolute atomic E-state index is 0.0782. The lowest BCUT2D eigenvalue weighted by atomic mass is 9.68. The van der Waals surface area contributed by atoms with Gasteiger partial charge in [-0.05, 0) is 97.9 Å². The van der Waals surface area contributed by atoms with E-state index in [0.29, 0.717) is 24.5 Å². The average molecular weight is 557 g/mol. The summed E-state index contributed by atoms with van der Waals surface area (Å²) in [6.07, 6.45) is 7.11. The van der Waals surface area contributed by atoms with Crippen LogP contribution in [0.4, 0.5) is 5.69 Å². The number of amides is 2. The Morgan fingerprint density at radius 3 is 2.46 bits per heavy atom. The van der Waals surface area contributed by atoms with Gasteiger partial charge in [0.05, 0.1) is 30.2 Å². The number of hydrogen-bond donors (Lipinski definition) is 3. The number of ether oxygens (including phenoxy) is 1. The number of rotatable bonds is 9. The summed E-state index contributed by atoms with van der Waals surface area (Å²) < 4.78 is 6.39. The fourth-order valence-corrected chi connectivity index (χ4v) is 7.07. The normalized spacial score (nSPS) is 24.2. The number of allylic oxidation sites excluding steroid dienone is 2. The minimum Gasteiger partial charge on any atom is -0.507 e. The highest BCUT2D eigenvalue weighted by Gasteiger charge is 2.57. The number of carbonyl (C=O) groups excluding carboxylic acids is 2. The van der Waals surface area contributed by atoms with Crippen molar-refractivity contribution in [3.63, 3.8) is 0 Å².